The van der Waals surface area contributed by atoms with Gasteiger partial charge in [0.25, 0.3) is 5.56 Å². The highest BCUT2D eigenvalue weighted by atomic mass is 16.1. The molecule has 0 N–H and O–H groups in total. The fourth-order valence-corrected chi connectivity index (χ4v) is 2.57. The van der Waals surface area contributed by atoms with Crippen molar-refractivity contribution < 1.29 is 0 Å². The van der Waals surface area contributed by atoms with Crippen LogP contribution in [0.2, 0.25) is 0 Å². The molecule has 0 fully saturated rings. The topological polar surface area (TPSA) is 34.9 Å². The van der Waals surface area contributed by atoms with E-state index in [0.717, 1.165) is 28.9 Å². The number of aryl methyl sites for hydroxylation is 1. The molecule has 0 aliphatic carbocycles. The highest BCUT2D eigenvalue weighted by Gasteiger charge is 2.12. The molecule has 2 aromatic carbocycles. The summed E-state index contributed by atoms with van der Waals surface area (Å²) in [7, 11) is 0. The largest absolute Gasteiger partial charge is 0.292 e. The number of hydrogen-bond donors (Lipinski definition) is 0. The lowest BCUT2D eigenvalue weighted by Gasteiger charge is -2.13. The summed E-state index contributed by atoms with van der Waals surface area (Å²) in [5.41, 5.74) is 2.86. The molecule has 1 aromatic heterocycles. The molecule has 0 aliphatic heterocycles. The van der Waals surface area contributed by atoms with Crippen LogP contribution in [0.1, 0.15) is 18.9 Å². The molecule has 0 unspecified atom stereocenters. The van der Waals surface area contributed by atoms with Crippen LogP contribution in [0, 0.1) is 6.92 Å². The van der Waals surface area contributed by atoms with Gasteiger partial charge in [0.15, 0.2) is 0 Å². The minimum Gasteiger partial charge on any atom is -0.292 e. The van der Waals surface area contributed by atoms with Crippen molar-refractivity contribution in [3.8, 4) is 11.4 Å². The van der Waals surface area contributed by atoms with E-state index in [1.165, 1.54) is 0 Å². The third-order valence-electron chi connectivity index (χ3n) is 3.59. The standard InChI is InChI=1S/C18H18N2O/c1-3-11-20-17(14-7-5-4-6-8-14)19-16-10-9-13(2)12-15(16)18(20)21/h4-10,12H,3,11H2,1-2H3. The Morgan fingerprint density at radius 2 is 1.86 bits per heavy atom. The Labute approximate surface area is 123 Å². The van der Waals surface area contributed by atoms with E-state index >= 15 is 0 Å². The molecule has 3 aromatic rings. The molecule has 0 amide bonds. The third-order valence-corrected chi connectivity index (χ3v) is 3.59. The van der Waals surface area contributed by atoms with E-state index in [1.54, 1.807) is 4.57 Å². The van der Waals surface area contributed by atoms with Crippen molar-refractivity contribution in [3.05, 3.63) is 64.4 Å². The molecule has 106 valence electrons. The maximum atomic E-state index is 12.8. The van der Waals surface area contributed by atoms with Crippen molar-refractivity contribution in [2.24, 2.45) is 0 Å². The van der Waals surface area contributed by atoms with Crippen molar-refractivity contribution in [2.45, 2.75) is 26.8 Å². The van der Waals surface area contributed by atoms with Crippen molar-refractivity contribution in [1.82, 2.24) is 9.55 Å². The molecule has 1 heterocycles. The van der Waals surface area contributed by atoms with Crippen LogP contribution in [0.25, 0.3) is 22.3 Å². The van der Waals surface area contributed by atoms with Gasteiger partial charge in [-0.3, -0.25) is 9.36 Å². The Balaban J connectivity index is 2.36. The molecule has 3 nitrogen and oxygen atoms in total. The molecule has 0 saturated heterocycles. The predicted octanol–water partition coefficient (Wildman–Crippen LogP) is 3.78. The molecule has 0 aliphatic rings. The van der Waals surface area contributed by atoms with Gasteiger partial charge in [-0.05, 0) is 25.5 Å². The first-order valence-corrected chi connectivity index (χ1v) is 7.27. The number of nitrogens with zero attached hydrogens (tertiary/aromatic N) is 2. The SMILES string of the molecule is CCCn1c(-c2ccccc2)nc2ccc(C)cc2c1=O. The molecule has 0 atom stereocenters. The second-order valence-corrected chi connectivity index (χ2v) is 5.28. The Morgan fingerprint density at radius 1 is 1.10 bits per heavy atom. The monoisotopic (exact) mass is 278 g/mol. The van der Waals surface area contributed by atoms with Crippen molar-refractivity contribution in [1.29, 1.82) is 0 Å². The van der Waals surface area contributed by atoms with Gasteiger partial charge in [-0.25, -0.2) is 4.98 Å². The van der Waals surface area contributed by atoms with Crippen LogP contribution < -0.4 is 5.56 Å². The second-order valence-electron chi connectivity index (χ2n) is 5.28. The van der Waals surface area contributed by atoms with E-state index in [2.05, 4.69) is 6.92 Å². The number of aromatic nitrogens is 2. The minimum atomic E-state index is 0.0457. The lowest BCUT2D eigenvalue weighted by atomic mass is 10.1. The van der Waals surface area contributed by atoms with Crippen molar-refractivity contribution in [2.75, 3.05) is 0 Å². The zero-order chi connectivity index (χ0) is 14.8. The molecule has 3 rings (SSSR count). The first-order valence-electron chi connectivity index (χ1n) is 7.27. The van der Waals surface area contributed by atoms with Crippen LogP contribution in [0.4, 0.5) is 0 Å². The van der Waals surface area contributed by atoms with E-state index in [0.29, 0.717) is 11.9 Å². The Hall–Kier alpha value is -2.42. The van der Waals surface area contributed by atoms with Crippen LogP contribution in [0.3, 0.4) is 0 Å². The molecule has 0 bridgehead atoms. The average Bonchev–Trinajstić information content (AvgIpc) is 2.51. The third kappa shape index (κ3) is 2.47. The maximum Gasteiger partial charge on any atom is 0.261 e. The van der Waals surface area contributed by atoms with Gasteiger partial charge in [-0.1, -0.05) is 48.9 Å². The van der Waals surface area contributed by atoms with E-state index < -0.39 is 0 Å². The molecule has 0 radical (unpaired) electrons. The Bertz CT molecular complexity index is 835. The van der Waals surface area contributed by atoms with Gasteiger partial charge >= 0.3 is 0 Å². The van der Waals surface area contributed by atoms with E-state index in [9.17, 15) is 4.79 Å². The fraction of sp³-hybridized carbons (Fsp3) is 0.222. The van der Waals surface area contributed by atoms with Crippen LogP contribution in [0.15, 0.2) is 53.3 Å². The fourth-order valence-electron chi connectivity index (χ4n) is 2.57. The first-order chi connectivity index (χ1) is 10.2. The zero-order valence-corrected chi connectivity index (χ0v) is 12.3. The van der Waals surface area contributed by atoms with Gasteiger partial charge < -0.3 is 0 Å². The van der Waals surface area contributed by atoms with Crippen LogP contribution in [-0.4, -0.2) is 9.55 Å². The van der Waals surface area contributed by atoms with Gasteiger partial charge in [-0.15, -0.1) is 0 Å². The van der Waals surface area contributed by atoms with Crippen LogP contribution >= 0.6 is 0 Å². The van der Waals surface area contributed by atoms with Crippen LogP contribution in [0.5, 0.6) is 0 Å². The molecule has 0 spiro atoms. The minimum absolute atomic E-state index is 0.0457. The van der Waals surface area contributed by atoms with Gasteiger partial charge in [0.05, 0.1) is 10.9 Å². The first kappa shape index (κ1) is 13.6. The summed E-state index contributed by atoms with van der Waals surface area (Å²) in [5.74, 6) is 0.749. The van der Waals surface area contributed by atoms with E-state index in [4.69, 9.17) is 4.98 Å². The molecular formula is C18H18N2O. The van der Waals surface area contributed by atoms with Crippen molar-refractivity contribution in [3.63, 3.8) is 0 Å². The number of benzene rings is 2. The lowest BCUT2D eigenvalue weighted by Crippen LogP contribution is -2.23. The number of hydrogen-bond acceptors (Lipinski definition) is 2. The summed E-state index contributed by atoms with van der Waals surface area (Å²) in [6.45, 7) is 4.75. The van der Waals surface area contributed by atoms with Crippen LogP contribution in [-0.2, 0) is 6.54 Å². The van der Waals surface area contributed by atoms with Gasteiger partial charge in [0.2, 0.25) is 0 Å². The van der Waals surface area contributed by atoms with E-state index in [1.807, 2.05) is 55.5 Å². The predicted molar refractivity (Wildman–Crippen MR) is 86.5 cm³/mol. The summed E-state index contributed by atoms with van der Waals surface area (Å²) in [6, 6.07) is 15.7. The average molecular weight is 278 g/mol. The summed E-state index contributed by atoms with van der Waals surface area (Å²) in [4.78, 5) is 17.5. The summed E-state index contributed by atoms with van der Waals surface area (Å²) < 4.78 is 1.79. The summed E-state index contributed by atoms with van der Waals surface area (Å²) in [6.07, 6.45) is 0.902. The Kier molecular flexibility index (Phi) is 3.57. The summed E-state index contributed by atoms with van der Waals surface area (Å²) in [5, 5.41) is 0.697. The van der Waals surface area contributed by atoms with Gasteiger partial charge in [0.1, 0.15) is 5.82 Å². The zero-order valence-electron chi connectivity index (χ0n) is 12.3. The number of fused-ring (bicyclic) bond motifs is 1. The van der Waals surface area contributed by atoms with Gasteiger partial charge in [-0.2, -0.15) is 0 Å². The molecule has 3 heteroatoms. The Morgan fingerprint density at radius 3 is 2.57 bits per heavy atom. The molecule has 0 saturated carbocycles. The maximum absolute atomic E-state index is 12.8. The smallest absolute Gasteiger partial charge is 0.261 e. The highest BCUT2D eigenvalue weighted by Crippen LogP contribution is 2.19. The lowest BCUT2D eigenvalue weighted by molar-refractivity contribution is 0.656. The van der Waals surface area contributed by atoms with E-state index in [-0.39, 0.29) is 5.56 Å². The highest BCUT2D eigenvalue weighted by molar-refractivity contribution is 5.80. The normalized spacial score (nSPS) is 11.0. The summed E-state index contributed by atoms with van der Waals surface area (Å²) >= 11 is 0. The number of rotatable bonds is 3. The molecular weight excluding hydrogens is 260 g/mol. The van der Waals surface area contributed by atoms with Gasteiger partial charge in [0, 0.05) is 12.1 Å². The van der Waals surface area contributed by atoms with Crippen molar-refractivity contribution >= 4 is 10.9 Å². The quantitative estimate of drug-likeness (QED) is 0.730. The molecule has 21 heavy (non-hydrogen) atoms. The second kappa shape index (κ2) is 5.52.